The van der Waals surface area contributed by atoms with Gasteiger partial charge in [0.15, 0.2) is 0 Å². The van der Waals surface area contributed by atoms with E-state index in [0.717, 1.165) is 58.5 Å². The maximum absolute atomic E-state index is 12.1. The zero-order valence-corrected chi connectivity index (χ0v) is 15.3. The van der Waals surface area contributed by atoms with Crippen LogP contribution in [-0.4, -0.2) is 46.7 Å². The number of rotatable bonds is 4. The van der Waals surface area contributed by atoms with Crippen molar-refractivity contribution < 1.29 is 9.53 Å². The molecule has 0 radical (unpaired) electrons. The summed E-state index contributed by atoms with van der Waals surface area (Å²) in [4.78, 5) is 18.9. The van der Waals surface area contributed by atoms with Crippen molar-refractivity contribution in [1.29, 1.82) is 0 Å². The van der Waals surface area contributed by atoms with Gasteiger partial charge in [0.1, 0.15) is 5.82 Å². The maximum Gasteiger partial charge on any atom is 0.225 e. The summed E-state index contributed by atoms with van der Waals surface area (Å²) >= 11 is 0. The summed E-state index contributed by atoms with van der Waals surface area (Å²) in [7, 11) is 0. The van der Waals surface area contributed by atoms with Crippen LogP contribution in [0.25, 0.3) is 0 Å². The highest BCUT2D eigenvalue weighted by Crippen LogP contribution is 2.29. The standard InChI is InChI=1S/C19H31N3O2/c1-14(2)19(23)21-8-4-16(5-9-21)13-22-15(3)12-20-18(22)17-6-10-24-11-7-17/h12,14,16-17H,4-11,13H2,1-3H3. The number of aryl methyl sites for hydroxylation is 1. The lowest BCUT2D eigenvalue weighted by atomic mass is 9.94. The third kappa shape index (κ3) is 3.82. The van der Waals surface area contributed by atoms with E-state index >= 15 is 0 Å². The zero-order chi connectivity index (χ0) is 17.1. The highest BCUT2D eigenvalue weighted by Gasteiger charge is 2.27. The molecule has 0 saturated carbocycles. The number of hydrogen-bond acceptors (Lipinski definition) is 3. The molecule has 0 atom stereocenters. The highest BCUT2D eigenvalue weighted by atomic mass is 16.5. The largest absolute Gasteiger partial charge is 0.381 e. The van der Waals surface area contributed by atoms with E-state index in [4.69, 9.17) is 9.72 Å². The third-order valence-electron chi connectivity index (χ3n) is 5.53. The predicted molar refractivity (Wildman–Crippen MR) is 93.9 cm³/mol. The normalized spacial score (nSPS) is 20.8. The van der Waals surface area contributed by atoms with Gasteiger partial charge in [-0.15, -0.1) is 0 Å². The van der Waals surface area contributed by atoms with Crippen molar-refractivity contribution in [3.63, 3.8) is 0 Å². The Bertz CT molecular complexity index is 553. The fourth-order valence-electron chi connectivity index (χ4n) is 3.96. The van der Waals surface area contributed by atoms with Gasteiger partial charge in [-0.1, -0.05) is 13.8 Å². The van der Waals surface area contributed by atoms with E-state index in [9.17, 15) is 4.79 Å². The third-order valence-corrected chi connectivity index (χ3v) is 5.53. The number of carbonyl (C=O) groups is 1. The van der Waals surface area contributed by atoms with Crippen molar-refractivity contribution >= 4 is 5.91 Å². The summed E-state index contributed by atoms with van der Waals surface area (Å²) in [6, 6.07) is 0. The first kappa shape index (κ1) is 17.5. The maximum atomic E-state index is 12.1. The molecule has 0 aromatic carbocycles. The van der Waals surface area contributed by atoms with Crippen LogP contribution in [0.1, 0.15) is 57.0 Å². The first-order chi connectivity index (χ1) is 11.6. The lowest BCUT2D eigenvalue weighted by molar-refractivity contribution is -0.135. The van der Waals surface area contributed by atoms with Crippen molar-refractivity contribution in [2.45, 2.75) is 58.9 Å². The van der Waals surface area contributed by atoms with Crippen LogP contribution in [0.4, 0.5) is 0 Å². The van der Waals surface area contributed by atoms with Gasteiger partial charge in [0.2, 0.25) is 5.91 Å². The van der Waals surface area contributed by atoms with Gasteiger partial charge >= 0.3 is 0 Å². The first-order valence-electron chi connectivity index (χ1n) is 9.44. The van der Waals surface area contributed by atoms with Gasteiger partial charge in [-0.3, -0.25) is 4.79 Å². The Morgan fingerprint density at radius 3 is 2.54 bits per heavy atom. The molecule has 1 amide bonds. The lowest BCUT2D eigenvalue weighted by Crippen LogP contribution is -2.41. The predicted octanol–water partition coefficient (Wildman–Crippen LogP) is 2.98. The Balaban J connectivity index is 1.61. The second-order valence-corrected chi connectivity index (χ2v) is 7.68. The first-order valence-corrected chi connectivity index (χ1v) is 9.44. The monoisotopic (exact) mass is 333 g/mol. The van der Waals surface area contributed by atoms with Crippen molar-refractivity contribution in [3.8, 4) is 0 Å². The summed E-state index contributed by atoms with van der Waals surface area (Å²) in [6.45, 7) is 10.7. The Hall–Kier alpha value is -1.36. The smallest absolute Gasteiger partial charge is 0.225 e. The SMILES string of the molecule is Cc1cnc(C2CCOCC2)n1CC1CCN(C(=O)C(C)C)CC1. The Labute approximate surface area is 145 Å². The second-order valence-electron chi connectivity index (χ2n) is 7.68. The van der Waals surface area contributed by atoms with E-state index < -0.39 is 0 Å². The molecule has 0 aliphatic carbocycles. The van der Waals surface area contributed by atoms with Crippen LogP contribution in [0, 0.1) is 18.8 Å². The fraction of sp³-hybridized carbons (Fsp3) is 0.789. The molecule has 134 valence electrons. The number of aromatic nitrogens is 2. The summed E-state index contributed by atoms with van der Waals surface area (Å²) < 4.78 is 7.93. The Kier molecular flexibility index (Phi) is 5.59. The number of carbonyl (C=O) groups excluding carboxylic acids is 1. The molecule has 1 aromatic heterocycles. The lowest BCUT2D eigenvalue weighted by Gasteiger charge is -2.34. The number of ether oxygens (including phenoxy) is 1. The van der Waals surface area contributed by atoms with E-state index in [0.29, 0.717) is 17.7 Å². The van der Waals surface area contributed by atoms with E-state index in [1.807, 2.05) is 24.9 Å². The quantitative estimate of drug-likeness (QED) is 0.851. The van der Waals surface area contributed by atoms with E-state index in [1.54, 1.807) is 0 Å². The summed E-state index contributed by atoms with van der Waals surface area (Å²) in [5, 5.41) is 0. The average Bonchev–Trinajstić information content (AvgIpc) is 2.96. The number of hydrogen-bond donors (Lipinski definition) is 0. The highest BCUT2D eigenvalue weighted by molar-refractivity contribution is 5.78. The molecule has 0 N–H and O–H groups in total. The van der Waals surface area contributed by atoms with E-state index in [1.165, 1.54) is 11.5 Å². The number of piperidine rings is 1. The van der Waals surface area contributed by atoms with Crippen molar-refractivity contribution in [3.05, 3.63) is 17.7 Å². The number of imidazole rings is 1. The molecule has 2 aliphatic heterocycles. The molecule has 1 aromatic rings. The van der Waals surface area contributed by atoms with Gasteiger partial charge in [0.05, 0.1) is 0 Å². The molecule has 0 bridgehead atoms. The van der Waals surface area contributed by atoms with Crippen molar-refractivity contribution in [2.75, 3.05) is 26.3 Å². The molecule has 0 spiro atoms. The second kappa shape index (κ2) is 7.68. The van der Waals surface area contributed by atoms with Crippen LogP contribution in [0.2, 0.25) is 0 Å². The fourth-order valence-corrected chi connectivity index (χ4v) is 3.96. The van der Waals surface area contributed by atoms with Crippen LogP contribution in [-0.2, 0) is 16.1 Å². The van der Waals surface area contributed by atoms with Crippen LogP contribution >= 0.6 is 0 Å². The molecule has 3 heterocycles. The van der Waals surface area contributed by atoms with Gasteiger partial charge in [-0.25, -0.2) is 4.98 Å². The van der Waals surface area contributed by atoms with Gasteiger partial charge in [0.25, 0.3) is 0 Å². The van der Waals surface area contributed by atoms with Crippen LogP contribution in [0.15, 0.2) is 6.20 Å². The van der Waals surface area contributed by atoms with Gasteiger partial charge in [0, 0.05) is 56.6 Å². The minimum Gasteiger partial charge on any atom is -0.381 e. The number of nitrogens with zero attached hydrogens (tertiary/aromatic N) is 3. The molecule has 5 heteroatoms. The van der Waals surface area contributed by atoms with Gasteiger partial charge in [-0.05, 0) is 38.5 Å². The number of amides is 1. The van der Waals surface area contributed by atoms with Crippen LogP contribution in [0.5, 0.6) is 0 Å². The molecule has 5 nitrogen and oxygen atoms in total. The summed E-state index contributed by atoms with van der Waals surface area (Å²) in [5.74, 6) is 2.84. The topological polar surface area (TPSA) is 47.4 Å². The molecular weight excluding hydrogens is 302 g/mol. The molecule has 2 saturated heterocycles. The molecular formula is C19H31N3O2. The molecule has 3 rings (SSSR count). The van der Waals surface area contributed by atoms with E-state index in [-0.39, 0.29) is 5.92 Å². The average molecular weight is 333 g/mol. The minimum atomic E-state index is 0.109. The van der Waals surface area contributed by atoms with Crippen LogP contribution < -0.4 is 0 Å². The van der Waals surface area contributed by atoms with Gasteiger partial charge in [-0.2, -0.15) is 0 Å². The Morgan fingerprint density at radius 1 is 1.25 bits per heavy atom. The number of likely N-dealkylation sites (tertiary alicyclic amines) is 1. The van der Waals surface area contributed by atoms with Gasteiger partial charge < -0.3 is 14.2 Å². The van der Waals surface area contributed by atoms with E-state index in [2.05, 4.69) is 11.5 Å². The zero-order valence-electron chi connectivity index (χ0n) is 15.3. The Morgan fingerprint density at radius 2 is 1.92 bits per heavy atom. The van der Waals surface area contributed by atoms with Crippen molar-refractivity contribution in [2.24, 2.45) is 11.8 Å². The molecule has 2 aliphatic rings. The summed E-state index contributed by atoms with van der Waals surface area (Å²) in [5.41, 5.74) is 1.26. The molecule has 2 fully saturated rings. The summed E-state index contributed by atoms with van der Waals surface area (Å²) in [6.07, 6.45) is 6.38. The van der Waals surface area contributed by atoms with Crippen LogP contribution in [0.3, 0.4) is 0 Å². The molecule has 0 unspecified atom stereocenters. The van der Waals surface area contributed by atoms with Crippen molar-refractivity contribution in [1.82, 2.24) is 14.5 Å². The molecule has 24 heavy (non-hydrogen) atoms. The minimum absolute atomic E-state index is 0.109.